The molecule has 1 atom stereocenters. The minimum Gasteiger partial charge on any atom is -0.378 e. The van der Waals surface area contributed by atoms with Gasteiger partial charge < -0.3 is 10.1 Å². The maximum absolute atomic E-state index is 6.17. The first-order valence-corrected chi connectivity index (χ1v) is 9.42. The molecule has 1 heterocycles. The van der Waals surface area contributed by atoms with Crippen LogP contribution in [0, 0.1) is 5.92 Å². The van der Waals surface area contributed by atoms with Crippen molar-refractivity contribution in [2.24, 2.45) is 5.92 Å². The standard InChI is InChI=1S/C15H23BrClNOS/c1-3-5-18-13(14-9-12(17)15(16)20-14)8-10-6-11(7-10)19-4-2/h9-11,13,18H,3-8H2,1-2H3. The second kappa shape index (κ2) is 8.14. The summed E-state index contributed by atoms with van der Waals surface area (Å²) in [5.74, 6) is 0.778. The van der Waals surface area contributed by atoms with Gasteiger partial charge in [0.2, 0.25) is 0 Å². The molecule has 20 heavy (non-hydrogen) atoms. The Hall–Kier alpha value is 0.390. The van der Waals surface area contributed by atoms with Crippen LogP contribution < -0.4 is 5.32 Å². The van der Waals surface area contributed by atoms with Crippen molar-refractivity contribution in [3.8, 4) is 0 Å². The topological polar surface area (TPSA) is 21.3 Å². The fourth-order valence-corrected chi connectivity index (χ4v) is 4.56. The van der Waals surface area contributed by atoms with Gasteiger partial charge in [0.1, 0.15) is 0 Å². The van der Waals surface area contributed by atoms with Crippen LogP contribution >= 0.6 is 38.9 Å². The maximum Gasteiger partial charge on any atom is 0.0887 e. The smallest absolute Gasteiger partial charge is 0.0887 e. The van der Waals surface area contributed by atoms with Crippen LogP contribution in [0.5, 0.6) is 0 Å². The summed E-state index contributed by atoms with van der Waals surface area (Å²) in [5.41, 5.74) is 0. The summed E-state index contributed by atoms with van der Waals surface area (Å²) >= 11 is 11.4. The van der Waals surface area contributed by atoms with Gasteiger partial charge in [0.15, 0.2) is 0 Å². The lowest BCUT2D eigenvalue weighted by Gasteiger charge is -2.37. The first-order valence-electron chi connectivity index (χ1n) is 7.43. The van der Waals surface area contributed by atoms with Gasteiger partial charge in [-0.1, -0.05) is 18.5 Å². The largest absolute Gasteiger partial charge is 0.378 e. The summed E-state index contributed by atoms with van der Waals surface area (Å²) in [6, 6.07) is 2.53. The SMILES string of the molecule is CCCNC(CC1CC(OCC)C1)c1cc(Cl)c(Br)s1. The van der Waals surface area contributed by atoms with E-state index in [0.29, 0.717) is 12.1 Å². The Kier molecular flexibility index (Phi) is 6.82. The minimum atomic E-state index is 0.427. The molecule has 114 valence electrons. The number of ether oxygens (including phenoxy) is 1. The highest BCUT2D eigenvalue weighted by Crippen LogP contribution is 2.41. The summed E-state index contributed by atoms with van der Waals surface area (Å²) in [6.45, 7) is 6.17. The number of thiophene rings is 1. The van der Waals surface area contributed by atoms with Crippen molar-refractivity contribution in [1.82, 2.24) is 5.32 Å². The average Bonchev–Trinajstić information content (AvgIpc) is 2.71. The highest BCUT2D eigenvalue weighted by Gasteiger charge is 2.32. The molecule has 5 heteroatoms. The maximum atomic E-state index is 6.17. The summed E-state index contributed by atoms with van der Waals surface area (Å²) in [7, 11) is 0. The molecule has 1 unspecified atom stereocenters. The molecule has 0 saturated heterocycles. The van der Waals surface area contributed by atoms with E-state index >= 15 is 0 Å². The summed E-state index contributed by atoms with van der Waals surface area (Å²) in [5, 5.41) is 4.49. The van der Waals surface area contributed by atoms with Crippen LogP contribution in [0.2, 0.25) is 5.02 Å². The number of rotatable bonds is 8. The summed E-state index contributed by atoms with van der Waals surface area (Å²) < 4.78 is 6.69. The monoisotopic (exact) mass is 379 g/mol. The molecule has 1 N–H and O–H groups in total. The molecule has 1 fully saturated rings. The van der Waals surface area contributed by atoms with Crippen LogP contribution in [-0.2, 0) is 4.74 Å². The lowest BCUT2D eigenvalue weighted by atomic mass is 9.78. The van der Waals surface area contributed by atoms with E-state index in [1.165, 1.54) is 24.1 Å². The quantitative estimate of drug-likeness (QED) is 0.651. The zero-order valence-corrected chi connectivity index (χ0v) is 15.3. The Bertz CT molecular complexity index is 401. The first-order chi connectivity index (χ1) is 9.63. The van der Waals surface area contributed by atoms with E-state index in [4.69, 9.17) is 16.3 Å². The molecule has 0 radical (unpaired) electrons. The van der Waals surface area contributed by atoms with Crippen molar-refractivity contribution >= 4 is 38.9 Å². The van der Waals surface area contributed by atoms with Gasteiger partial charge in [0.05, 0.1) is 14.9 Å². The van der Waals surface area contributed by atoms with Crippen molar-refractivity contribution in [2.75, 3.05) is 13.2 Å². The molecule has 0 aromatic carbocycles. The Morgan fingerprint density at radius 2 is 2.25 bits per heavy atom. The molecule has 1 aliphatic carbocycles. The van der Waals surface area contributed by atoms with Crippen LogP contribution in [0.25, 0.3) is 0 Å². The van der Waals surface area contributed by atoms with E-state index in [1.807, 2.05) is 0 Å². The summed E-state index contributed by atoms with van der Waals surface area (Å²) in [6.07, 6.45) is 5.25. The first kappa shape index (κ1) is 16.8. The van der Waals surface area contributed by atoms with Crippen molar-refractivity contribution in [3.05, 3.63) is 19.8 Å². The number of hydrogen-bond donors (Lipinski definition) is 1. The van der Waals surface area contributed by atoms with Gasteiger partial charge in [-0.2, -0.15) is 0 Å². The zero-order chi connectivity index (χ0) is 14.5. The molecule has 1 aromatic heterocycles. The van der Waals surface area contributed by atoms with Crippen LogP contribution in [0.1, 0.15) is 50.4 Å². The molecule has 2 nitrogen and oxygen atoms in total. The third-order valence-corrected chi connectivity index (χ3v) is 6.40. The minimum absolute atomic E-state index is 0.427. The molecule has 1 aromatic rings. The van der Waals surface area contributed by atoms with Gasteiger partial charge >= 0.3 is 0 Å². The number of nitrogens with one attached hydrogen (secondary N) is 1. The second-order valence-corrected chi connectivity index (χ2v) is 8.24. The van der Waals surface area contributed by atoms with Crippen molar-refractivity contribution in [3.63, 3.8) is 0 Å². The predicted molar refractivity (Wildman–Crippen MR) is 90.8 cm³/mol. The van der Waals surface area contributed by atoms with Crippen LogP contribution in [-0.4, -0.2) is 19.3 Å². The van der Waals surface area contributed by atoms with Crippen molar-refractivity contribution in [2.45, 2.75) is 51.7 Å². The molecule has 1 saturated carbocycles. The highest BCUT2D eigenvalue weighted by molar-refractivity contribution is 9.11. The molecule has 0 bridgehead atoms. The molecular weight excluding hydrogens is 358 g/mol. The van der Waals surface area contributed by atoms with Gasteiger partial charge in [0.25, 0.3) is 0 Å². The Labute approximate surface area is 139 Å². The highest BCUT2D eigenvalue weighted by atomic mass is 79.9. The van der Waals surface area contributed by atoms with E-state index < -0.39 is 0 Å². The van der Waals surface area contributed by atoms with Gasteiger partial charge in [-0.15, -0.1) is 11.3 Å². The van der Waals surface area contributed by atoms with Crippen LogP contribution in [0.4, 0.5) is 0 Å². The second-order valence-electron chi connectivity index (χ2n) is 5.43. The number of hydrogen-bond acceptors (Lipinski definition) is 3. The molecule has 0 amide bonds. The number of halogens is 2. The van der Waals surface area contributed by atoms with E-state index in [9.17, 15) is 0 Å². The Balaban J connectivity index is 1.91. The lowest BCUT2D eigenvalue weighted by Crippen LogP contribution is -2.34. The fourth-order valence-electron chi connectivity index (χ4n) is 2.73. The van der Waals surface area contributed by atoms with E-state index in [2.05, 4.69) is 41.2 Å². The van der Waals surface area contributed by atoms with Crippen LogP contribution in [0.15, 0.2) is 9.85 Å². The fraction of sp³-hybridized carbons (Fsp3) is 0.733. The van der Waals surface area contributed by atoms with Gasteiger partial charge in [-0.05, 0) is 67.1 Å². The molecule has 2 rings (SSSR count). The van der Waals surface area contributed by atoms with Gasteiger partial charge in [-0.25, -0.2) is 0 Å². The Morgan fingerprint density at radius 3 is 2.80 bits per heavy atom. The van der Waals surface area contributed by atoms with Gasteiger partial charge in [0, 0.05) is 17.5 Å². The van der Waals surface area contributed by atoms with Crippen molar-refractivity contribution in [1.29, 1.82) is 0 Å². The molecule has 0 spiro atoms. The van der Waals surface area contributed by atoms with Crippen LogP contribution in [0.3, 0.4) is 0 Å². The van der Waals surface area contributed by atoms with E-state index in [-0.39, 0.29) is 0 Å². The van der Waals surface area contributed by atoms with Gasteiger partial charge in [-0.3, -0.25) is 0 Å². The average molecular weight is 381 g/mol. The third kappa shape index (κ3) is 4.44. The molecule has 1 aliphatic rings. The Morgan fingerprint density at radius 1 is 1.50 bits per heavy atom. The molecule has 0 aliphatic heterocycles. The third-order valence-electron chi connectivity index (χ3n) is 3.81. The zero-order valence-electron chi connectivity index (χ0n) is 12.1. The normalized spacial score (nSPS) is 23.6. The molecular formula is C15H23BrClNOS. The van der Waals surface area contributed by atoms with E-state index in [1.54, 1.807) is 11.3 Å². The van der Waals surface area contributed by atoms with E-state index in [0.717, 1.165) is 34.3 Å². The lowest BCUT2D eigenvalue weighted by molar-refractivity contribution is -0.0290. The van der Waals surface area contributed by atoms with Crippen molar-refractivity contribution < 1.29 is 4.74 Å². The summed E-state index contributed by atoms with van der Waals surface area (Å²) in [4.78, 5) is 1.34. The predicted octanol–water partition coefficient (Wildman–Crippen LogP) is 5.41.